The van der Waals surface area contributed by atoms with Crippen molar-refractivity contribution in [2.45, 2.75) is 25.7 Å². The van der Waals surface area contributed by atoms with Gasteiger partial charge in [-0.3, -0.25) is 9.59 Å². The monoisotopic (exact) mass is 1060 g/mol. The summed E-state index contributed by atoms with van der Waals surface area (Å²) in [6.45, 7) is 0. The number of carbonyl (C=O) groups excluding carboxylic acids is 2. The number of carbonyl (C=O) groups is 2. The van der Waals surface area contributed by atoms with Gasteiger partial charge in [0, 0.05) is 77.0 Å². The van der Waals surface area contributed by atoms with E-state index in [1.165, 1.54) is 36.7 Å². The number of benzene rings is 9. The largest absolute Gasteiger partial charge is 0.469 e. The Labute approximate surface area is 459 Å². The lowest BCUT2D eigenvalue weighted by Crippen LogP contribution is -2.10. The Morgan fingerprint density at radius 1 is 0.403 bits per heavy atom. The van der Waals surface area contributed by atoms with Crippen molar-refractivity contribution in [3.63, 3.8) is 0 Å². The minimum Gasteiger partial charge on any atom is -0.469 e. The van der Waals surface area contributed by atoms with Gasteiger partial charge in [0.2, 0.25) is 0 Å². The van der Waals surface area contributed by atoms with E-state index in [4.69, 9.17) is 18.2 Å². The highest BCUT2D eigenvalue weighted by Crippen LogP contribution is 2.45. The van der Waals surface area contributed by atoms with Gasteiger partial charge in [-0.1, -0.05) is 133 Å². The van der Waals surface area contributed by atoms with Crippen molar-refractivity contribution in [1.82, 2.24) is 8.75 Å². The molecule has 0 aliphatic rings. The van der Waals surface area contributed by atoms with E-state index in [0.717, 1.165) is 109 Å². The van der Waals surface area contributed by atoms with E-state index in [1.807, 2.05) is 0 Å². The average molecular weight is 1060 g/mol. The Balaban J connectivity index is 0.796. The number of hydrogen-bond donors (Lipinski definition) is 0. The first-order chi connectivity index (χ1) is 37.9. The van der Waals surface area contributed by atoms with Crippen LogP contribution in [0.1, 0.15) is 24.0 Å². The average Bonchev–Trinajstić information content (AvgIpc) is 4.35. The summed E-state index contributed by atoms with van der Waals surface area (Å²) >= 11 is 4.77. The van der Waals surface area contributed by atoms with Crippen LogP contribution >= 0.6 is 34.4 Å². The number of rotatable bonds is 16. The van der Waals surface area contributed by atoms with Gasteiger partial charge in [-0.25, -0.2) is 0 Å². The van der Waals surface area contributed by atoms with Gasteiger partial charge in [-0.15, -0.1) is 22.7 Å². The van der Waals surface area contributed by atoms with Crippen molar-refractivity contribution < 1.29 is 19.1 Å². The molecule has 12 aromatic rings. The van der Waals surface area contributed by atoms with E-state index in [2.05, 4.69) is 228 Å². The summed E-state index contributed by atoms with van der Waals surface area (Å²) in [6.07, 6.45) is 1.93. The highest BCUT2D eigenvalue weighted by atomic mass is 32.1. The van der Waals surface area contributed by atoms with Crippen molar-refractivity contribution in [3.05, 3.63) is 230 Å². The van der Waals surface area contributed by atoms with Gasteiger partial charge < -0.3 is 19.3 Å². The van der Waals surface area contributed by atoms with Crippen molar-refractivity contribution in [2.24, 2.45) is 0 Å². The van der Waals surface area contributed by atoms with Crippen molar-refractivity contribution in [2.75, 3.05) is 24.0 Å². The molecule has 0 radical (unpaired) electrons. The SMILES string of the molecule is COC(=O)CCc1ccc(N(c2ccc(-c3ccc(-c4ccc(-c5ccc(-c6ccc(N(c7ccc(CCC(=O)OC)cc7)c7cccc8ccccc78)cc6)s5)c5nsnc45)s3)cc2)c2cccc3ccccc23)cc1. The van der Waals surface area contributed by atoms with Crippen LogP contribution in [0.15, 0.2) is 218 Å². The first-order valence-corrected chi connectivity index (χ1v) is 27.8. The lowest BCUT2D eigenvalue weighted by atomic mass is 10.0. The smallest absolute Gasteiger partial charge is 0.305 e. The fraction of sp³-hybridized carbons (Fsp3) is 0.0909. The number of ether oxygens (including phenoxy) is 2. The van der Waals surface area contributed by atoms with Crippen molar-refractivity contribution in [3.8, 4) is 41.8 Å². The van der Waals surface area contributed by atoms with Gasteiger partial charge in [0.1, 0.15) is 11.0 Å². The van der Waals surface area contributed by atoms with Gasteiger partial charge in [0.15, 0.2) is 0 Å². The lowest BCUT2D eigenvalue weighted by molar-refractivity contribution is -0.141. The molecule has 0 saturated carbocycles. The molecule has 0 saturated heterocycles. The van der Waals surface area contributed by atoms with Crippen LogP contribution in [0.2, 0.25) is 0 Å². The quantitative estimate of drug-likeness (QED) is 0.0885. The van der Waals surface area contributed by atoms with Crippen LogP contribution in [0.5, 0.6) is 0 Å². The summed E-state index contributed by atoms with van der Waals surface area (Å²) in [4.78, 5) is 33.0. The molecule has 0 amide bonds. The third kappa shape index (κ3) is 10.1. The zero-order valence-corrected chi connectivity index (χ0v) is 44.7. The van der Waals surface area contributed by atoms with Crippen molar-refractivity contribution in [1.29, 1.82) is 0 Å². The fourth-order valence-corrected chi connectivity index (χ4v) is 12.7. The molecule has 0 aliphatic carbocycles. The van der Waals surface area contributed by atoms with Crippen LogP contribution in [0.25, 0.3) is 74.3 Å². The molecule has 0 atom stereocenters. The molecule has 8 nitrogen and oxygen atoms in total. The first-order valence-electron chi connectivity index (χ1n) is 25.4. The van der Waals surface area contributed by atoms with E-state index in [0.29, 0.717) is 25.7 Å². The molecular weight excluding hydrogens is 1010 g/mol. The summed E-state index contributed by atoms with van der Waals surface area (Å²) < 4.78 is 19.5. The van der Waals surface area contributed by atoms with Crippen molar-refractivity contribution >= 4 is 113 Å². The Morgan fingerprint density at radius 2 is 0.766 bits per heavy atom. The lowest BCUT2D eigenvalue weighted by Gasteiger charge is -2.27. The number of fused-ring (bicyclic) bond motifs is 3. The number of esters is 2. The molecule has 12 rings (SSSR count). The van der Waals surface area contributed by atoms with E-state index in [1.54, 1.807) is 22.7 Å². The maximum absolute atomic E-state index is 11.9. The molecule has 0 unspecified atom stereocenters. The molecular formula is C66H50N4O4S3. The van der Waals surface area contributed by atoms with E-state index >= 15 is 0 Å². The molecule has 3 heterocycles. The molecule has 0 fully saturated rings. The summed E-state index contributed by atoms with van der Waals surface area (Å²) in [5, 5.41) is 4.66. The standard InChI is InChI=1S/C66H50N4O4S3/c1-73-63(71)41-21-43-17-27-49(28-18-43)69(57-15-7-11-45-9-3-5-13-53(45)57)51-31-23-47(24-32-51)59-37-39-61(75-59)55-35-36-56(66-65(55)67-77-68-66)62-40-38-60(76-62)48-25-33-52(34-26-48)70(58-16-8-12-46-10-4-6-14-54(46)58)50-29-19-44(20-30-50)22-42-64(72)74-2/h3-20,23-40H,21-22,41-42H2,1-2H3. The van der Waals surface area contributed by atoms with Crippen LogP contribution < -0.4 is 9.80 Å². The predicted octanol–water partition coefficient (Wildman–Crippen LogP) is 17.9. The third-order valence-electron chi connectivity index (χ3n) is 14.1. The minimum atomic E-state index is -0.211. The normalized spacial score (nSPS) is 11.3. The molecule has 0 aliphatic heterocycles. The zero-order valence-electron chi connectivity index (χ0n) is 42.3. The number of aryl methyl sites for hydroxylation is 2. The van der Waals surface area contributed by atoms with Crippen LogP contribution in [-0.2, 0) is 31.9 Å². The predicted molar refractivity (Wildman–Crippen MR) is 320 cm³/mol. The van der Waals surface area contributed by atoms with Crippen LogP contribution in [0.3, 0.4) is 0 Å². The molecule has 0 N–H and O–H groups in total. The summed E-state index contributed by atoms with van der Waals surface area (Å²) in [6, 6.07) is 77.5. The second-order valence-corrected chi connectivity index (χ2v) is 21.4. The number of aromatic nitrogens is 2. The van der Waals surface area contributed by atoms with Gasteiger partial charge in [-0.05, 0) is 131 Å². The summed E-state index contributed by atoms with van der Waals surface area (Å²) in [5.41, 5.74) is 14.7. The minimum absolute atomic E-state index is 0.211. The number of methoxy groups -OCH3 is 2. The molecule has 11 heteroatoms. The van der Waals surface area contributed by atoms with E-state index in [-0.39, 0.29) is 11.9 Å². The van der Waals surface area contributed by atoms with Gasteiger partial charge in [-0.2, -0.15) is 8.75 Å². The molecule has 3 aromatic heterocycles. The maximum Gasteiger partial charge on any atom is 0.305 e. The maximum atomic E-state index is 11.9. The molecule has 77 heavy (non-hydrogen) atoms. The molecule has 0 spiro atoms. The Hall–Kier alpha value is -8.74. The van der Waals surface area contributed by atoms with Crippen LogP contribution in [-0.4, -0.2) is 34.9 Å². The van der Waals surface area contributed by atoms with Gasteiger partial charge >= 0.3 is 11.9 Å². The van der Waals surface area contributed by atoms with E-state index < -0.39 is 0 Å². The topological polar surface area (TPSA) is 84.9 Å². The first kappa shape index (κ1) is 49.2. The highest BCUT2D eigenvalue weighted by molar-refractivity contribution is 7.19. The van der Waals surface area contributed by atoms with E-state index in [9.17, 15) is 9.59 Å². The van der Waals surface area contributed by atoms with Gasteiger partial charge in [0.05, 0.1) is 37.3 Å². The Bertz CT molecular complexity index is 3800. The molecule has 0 bridgehead atoms. The Kier molecular flexibility index (Phi) is 13.9. The highest BCUT2D eigenvalue weighted by Gasteiger charge is 2.21. The second-order valence-electron chi connectivity index (χ2n) is 18.7. The summed E-state index contributed by atoms with van der Waals surface area (Å²) in [7, 11) is 2.86. The van der Waals surface area contributed by atoms with Crippen LogP contribution in [0, 0.1) is 0 Å². The fourth-order valence-electron chi connectivity index (χ4n) is 10.1. The second kappa shape index (κ2) is 21.8. The Morgan fingerprint density at radius 3 is 1.17 bits per heavy atom. The zero-order chi connectivity index (χ0) is 52.2. The van der Waals surface area contributed by atoms with Crippen LogP contribution in [0.4, 0.5) is 34.1 Å². The van der Waals surface area contributed by atoms with Gasteiger partial charge in [0.25, 0.3) is 0 Å². The molecule has 376 valence electrons. The number of anilines is 6. The summed E-state index contributed by atoms with van der Waals surface area (Å²) in [5.74, 6) is -0.422. The number of nitrogens with zero attached hydrogens (tertiary/aromatic N) is 4. The number of thiophene rings is 2. The third-order valence-corrected chi connectivity index (χ3v) is 16.9. The molecule has 9 aromatic carbocycles. The number of hydrogen-bond acceptors (Lipinski definition) is 11.